The first-order valence-electron chi connectivity index (χ1n) is 8.40. The summed E-state index contributed by atoms with van der Waals surface area (Å²) >= 11 is 0. The number of rotatable bonds is 6. The molecule has 1 aliphatic heterocycles. The van der Waals surface area contributed by atoms with Crippen molar-refractivity contribution in [2.45, 2.75) is 25.7 Å². The highest BCUT2D eigenvalue weighted by Crippen LogP contribution is 2.24. The first-order valence-corrected chi connectivity index (χ1v) is 8.40. The van der Waals surface area contributed by atoms with Crippen LogP contribution in [0.2, 0.25) is 0 Å². The molecule has 0 aliphatic carbocycles. The molecule has 0 spiro atoms. The van der Waals surface area contributed by atoms with Crippen molar-refractivity contribution in [3.05, 3.63) is 35.4 Å². The number of carbonyl (C=O) groups excluding carboxylic acids is 2. The van der Waals surface area contributed by atoms with Gasteiger partial charge in [0.15, 0.2) is 0 Å². The molecule has 26 heavy (non-hydrogen) atoms. The third-order valence-corrected chi connectivity index (χ3v) is 4.18. The molecule has 9 heteroatoms. The van der Waals surface area contributed by atoms with Crippen molar-refractivity contribution in [3.8, 4) is 0 Å². The van der Waals surface area contributed by atoms with Gasteiger partial charge in [0.05, 0.1) is 0 Å². The van der Waals surface area contributed by atoms with Gasteiger partial charge in [-0.05, 0) is 17.7 Å². The summed E-state index contributed by atoms with van der Waals surface area (Å²) in [6.07, 6.45) is -4.41. The molecule has 1 fully saturated rings. The maximum atomic E-state index is 13.3. The molecule has 1 aromatic carbocycles. The van der Waals surface area contributed by atoms with Gasteiger partial charge < -0.3 is 16.0 Å². The highest BCUT2D eigenvalue weighted by atomic mass is 19.4. The maximum absolute atomic E-state index is 13.3. The SMILES string of the molecule is CC(=O)NCc1ccc(C(=O)NCC(N2CCNCC2)C(F)(F)F)cc1. The van der Waals surface area contributed by atoms with Crippen molar-refractivity contribution in [2.75, 3.05) is 32.7 Å². The molecule has 0 saturated carbocycles. The Morgan fingerprint density at radius 3 is 2.31 bits per heavy atom. The van der Waals surface area contributed by atoms with Gasteiger partial charge in [-0.1, -0.05) is 12.1 Å². The molecule has 0 bridgehead atoms. The number of benzene rings is 1. The van der Waals surface area contributed by atoms with Gasteiger partial charge in [0.2, 0.25) is 5.91 Å². The maximum Gasteiger partial charge on any atom is 0.405 e. The lowest BCUT2D eigenvalue weighted by Crippen LogP contribution is -2.57. The molecule has 2 rings (SSSR count). The molecule has 1 unspecified atom stereocenters. The van der Waals surface area contributed by atoms with E-state index in [1.165, 1.54) is 24.0 Å². The fourth-order valence-corrected chi connectivity index (χ4v) is 2.74. The number of hydrogen-bond acceptors (Lipinski definition) is 4. The van der Waals surface area contributed by atoms with E-state index in [2.05, 4.69) is 16.0 Å². The van der Waals surface area contributed by atoms with Gasteiger partial charge in [-0.2, -0.15) is 13.2 Å². The van der Waals surface area contributed by atoms with Gasteiger partial charge in [-0.25, -0.2) is 0 Å². The van der Waals surface area contributed by atoms with E-state index in [0.29, 0.717) is 19.6 Å². The monoisotopic (exact) mass is 372 g/mol. The van der Waals surface area contributed by atoms with E-state index >= 15 is 0 Å². The van der Waals surface area contributed by atoms with Crippen molar-refractivity contribution in [3.63, 3.8) is 0 Å². The largest absolute Gasteiger partial charge is 0.405 e. The number of halogens is 3. The molecule has 6 nitrogen and oxygen atoms in total. The van der Waals surface area contributed by atoms with Crippen LogP contribution in [0.5, 0.6) is 0 Å². The highest BCUT2D eigenvalue weighted by molar-refractivity contribution is 5.94. The van der Waals surface area contributed by atoms with E-state index in [9.17, 15) is 22.8 Å². The van der Waals surface area contributed by atoms with Crippen molar-refractivity contribution in [1.29, 1.82) is 0 Å². The van der Waals surface area contributed by atoms with Crippen molar-refractivity contribution in [1.82, 2.24) is 20.9 Å². The van der Waals surface area contributed by atoms with E-state index in [1.54, 1.807) is 12.1 Å². The van der Waals surface area contributed by atoms with Crippen LogP contribution in [0.25, 0.3) is 0 Å². The zero-order chi connectivity index (χ0) is 19.2. The minimum absolute atomic E-state index is 0.169. The van der Waals surface area contributed by atoms with Crippen LogP contribution in [0.15, 0.2) is 24.3 Å². The summed E-state index contributed by atoms with van der Waals surface area (Å²) in [6.45, 7) is 2.81. The number of alkyl halides is 3. The van der Waals surface area contributed by atoms with Crippen LogP contribution < -0.4 is 16.0 Å². The molecule has 3 N–H and O–H groups in total. The summed E-state index contributed by atoms with van der Waals surface area (Å²) in [4.78, 5) is 24.4. The van der Waals surface area contributed by atoms with Gasteiger partial charge >= 0.3 is 6.18 Å². The molecular weight excluding hydrogens is 349 g/mol. The average molecular weight is 372 g/mol. The van der Waals surface area contributed by atoms with Crippen molar-refractivity contribution < 1.29 is 22.8 Å². The Kier molecular flexibility index (Phi) is 6.98. The fraction of sp³-hybridized carbons (Fsp3) is 0.529. The van der Waals surface area contributed by atoms with Crippen LogP contribution in [0.4, 0.5) is 13.2 Å². The third-order valence-electron chi connectivity index (χ3n) is 4.18. The number of nitrogens with one attached hydrogen (secondary N) is 3. The highest BCUT2D eigenvalue weighted by Gasteiger charge is 2.43. The first kappa shape index (κ1) is 20.2. The second-order valence-electron chi connectivity index (χ2n) is 6.16. The van der Waals surface area contributed by atoms with E-state index < -0.39 is 24.7 Å². The van der Waals surface area contributed by atoms with Gasteiger partial charge in [0.1, 0.15) is 6.04 Å². The minimum atomic E-state index is -4.41. The summed E-state index contributed by atoms with van der Waals surface area (Å²) in [6, 6.07) is 4.66. The molecule has 1 aliphatic rings. The zero-order valence-corrected chi connectivity index (χ0v) is 14.5. The normalized spacial score (nSPS) is 16.8. The Morgan fingerprint density at radius 1 is 1.15 bits per heavy atom. The first-order chi connectivity index (χ1) is 12.3. The van der Waals surface area contributed by atoms with Crippen LogP contribution in [0.3, 0.4) is 0 Å². The average Bonchev–Trinajstić information content (AvgIpc) is 2.60. The summed E-state index contributed by atoms with van der Waals surface area (Å²) in [5, 5.41) is 8.02. The molecule has 1 heterocycles. The van der Waals surface area contributed by atoms with E-state index in [1.807, 2.05) is 0 Å². The minimum Gasteiger partial charge on any atom is -0.352 e. The second-order valence-corrected chi connectivity index (χ2v) is 6.16. The van der Waals surface area contributed by atoms with Gasteiger partial charge in [-0.15, -0.1) is 0 Å². The lowest BCUT2D eigenvalue weighted by atomic mass is 10.1. The molecule has 0 radical (unpaired) electrons. The fourth-order valence-electron chi connectivity index (χ4n) is 2.74. The standard InChI is InChI=1S/C17H23F3N4O2/c1-12(25)22-10-13-2-4-14(5-3-13)16(26)23-11-15(17(18,19)20)24-8-6-21-7-9-24/h2-5,15,21H,6-11H2,1H3,(H,22,25)(H,23,26). The van der Waals surface area contributed by atoms with Crippen LogP contribution in [0, 0.1) is 0 Å². The van der Waals surface area contributed by atoms with Gasteiger partial charge in [0, 0.05) is 51.8 Å². The third kappa shape index (κ3) is 5.99. The Labute approximate surface area is 150 Å². The Hall–Kier alpha value is -2.13. The summed E-state index contributed by atoms with van der Waals surface area (Å²) in [5.41, 5.74) is 1.07. The Morgan fingerprint density at radius 2 is 1.77 bits per heavy atom. The van der Waals surface area contributed by atoms with Crippen molar-refractivity contribution in [2.24, 2.45) is 0 Å². The second kappa shape index (κ2) is 9.00. The van der Waals surface area contributed by atoms with Gasteiger partial charge in [-0.3, -0.25) is 14.5 Å². The molecule has 2 amide bonds. The number of hydrogen-bond donors (Lipinski definition) is 3. The van der Waals surface area contributed by atoms with Crippen LogP contribution in [0.1, 0.15) is 22.8 Å². The summed E-state index contributed by atoms with van der Waals surface area (Å²) < 4.78 is 39.9. The van der Waals surface area contributed by atoms with Crippen LogP contribution in [-0.2, 0) is 11.3 Å². The molecule has 1 atom stereocenters. The van der Waals surface area contributed by atoms with E-state index in [0.717, 1.165) is 5.56 Å². The number of piperazine rings is 1. The predicted molar refractivity (Wildman–Crippen MR) is 90.6 cm³/mol. The van der Waals surface area contributed by atoms with Crippen LogP contribution in [-0.4, -0.2) is 61.7 Å². The Balaban J connectivity index is 1.93. The van der Waals surface area contributed by atoms with Crippen molar-refractivity contribution >= 4 is 11.8 Å². The Bertz CT molecular complexity index is 613. The number of carbonyl (C=O) groups is 2. The topological polar surface area (TPSA) is 73.5 Å². The smallest absolute Gasteiger partial charge is 0.352 e. The lowest BCUT2D eigenvalue weighted by Gasteiger charge is -2.35. The van der Waals surface area contributed by atoms with Crippen LogP contribution >= 0.6 is 0 Å². The van der Waals surface area contributed by atoms with Gasteiger partial charge in [0.25, 0.3) is 5.91 Å². The van der Waals surface area contributed by atoms with E-state index in [4.69, 9.17) is 0 Å². The molecule has 0 aromatic heterocycles. The zero-order valence-electron chi connectivity index (χ0n) is 14.5. The van der Waals surface area contributed by atoms with E-state index in [-0.39, 0.29) is 24.6 Å². The molecule has 144 valence electrons. The number of nitrogens with zero attached hydrogens (tertiary/aromatic N) is 1. The number of amides is 2. The lowest BCUT2D eigenvalue weighted by molar-refractivity contribution is -0.183. The molecule has 1 aromatic rings. The molecular formula is C17H23F3N4O2. The predicted octanol–water partition coefficient (Wildman–Crippen LogP) is 0.889. The summed E-state index contributed by atoms with van der Waals surface area (Å²) in [7, 11) is 0. The quantitative estimate of drug-likeness (QED) is 0.694. The summed E-state index contributed by atoms with van der Waals surface area (Å²) in [5.74, 6) is -0.724. The molecule has 1 saturated heterocycles.